The Morgan fingerprint density at radius 2 is 1.72 bits per heavy atom. The second kappa shape index (κ2) is 7.20. The van der Waals surface area contributed by atoms with Gasteiger partial charge in [0.2, 0.25) is 11.8 Å². The van der Waals surface area contributed by atoms with Crippen LogP contribution in [0.15, 0.2) is 59.8 Å². The van der Waals surface area contributed by atoms with Gasteiger partial charge in [0.25, 0.3) is 0 Å². The molecular formula is C25H21N3O4. The zero-order chi connectivity index (χ0) is 21.8. The highest BCUT2D eigenvalue weighted by molar-refractivity contribution is 6.08. The van der Waals surface area contributed by atoms with Crippen LogP contribution in [-0.4, -0.2) is 35.1 Å². The molecule has 6 atom stereocenters. The van der Waals surface area contributed by atoms with Crippen LogP contribution in [0.2, 0.25) is 0 Å². The fourth-order valence-electron chi connectivity index (χ4n) is 6.19. The average molecular weight is 427 g/mol. The molecule has 4 aliphatic rings. The standard InChI is InChI=1S/C25H21N3O4/c26-10-11-31-16-8-6-15(7-9-16)22-21-17-12-18(23(21)32-27-22)20-19(17)24(29)28(25(20)30)13-14-4-2-1-3-5-14/h1-9,17-21,23H,11-13H2. The first-order valence-electron chi connectivity index (χ1n) is 10.9. The summed E-state index contributed by atoms with van der Waals surface area (Å²) in [6.45, 7) is 0.322. The van der Waals surface area contributed by atoms with Crippen LogP contribution in [0.1, 0.15) is 17.5 Å². The summed E-state index contributed by atoms with van der Waals surface area (Å²) >= 11 is 0. The summed E-state index contributed by atoms with van der Waals surface area (Å²) in [5, 5.41) is 13.0. The van der Waals surface area contributed by atoms with Gasteiger partial charge in [0, 0.05) is 17.4 Å². The molecule has 2 bridgehead atoms. The molecule has 0 aromatic heterocycles. The number of hydrogen-bond acceptors (Lipinski definition) is 6. The lowest BCUT2D eigenvalue weighted by Gasteiger charge is -2.29. The SMILES string of the molecule is N#CCOc1ccc(C2=NOC3C4CC(C23)C2C(=O)N(Cc3ccccc3)C(=O)C42)cc1. The summed E-state index contributed by atoms with van der Waals surface area (Å²) in [5.41, 5.74) is 2.72. The number of fused-ring (bicyclic) bond motifs is 8. The van der Waals surface area contributed by atoms with Crippen LogP contribution in [0.3, 0.4) is 0 Å². The van der Waals surface area contributed by atoms with Crippen LogP contribution in [0.4, 0.5) is 0 Å². The summed E-state index contributed by atoms with van der Waals surface area (Å²) in [6, 6.07) is 19.0. The van der Waals surface area contributed by atoms with E-state index in [1.807, 2.05) is 60.7 Å². The Morgan fingerprint density at radius 1 is 1.00 bits per heavy atom. The van der Waals surface area contributed by atoms with E-state index < -0.39 is 0 Å². The molecule has 7 nitrogen and oxygen atoms in total. The third-order valence-electron chi connectivity index (χ3n) is 7.42. The average Bonchev–Trinajstić information content (AvgIpc) is 3.56. The lowest BCUT2D eigenvalue weighted by atomic mass is 9.71. The van der Waals surface area contributed by atoms with Crippen LogP contribution in [-0.2, 0) is 21.0 Å². The molecule has 2 aromatic carbocycles. The van der Waals surface area contributed by atoms with E-state index in [2.05, 4.69) is 5.16 Å². The van der Waals surface area contributed by atoms with E-state index in [-0.39, 0.29) is 54.1 Å². The minimum Gasteiger partial charge on any atom is -0.479 e. The lowest BCUT2D eigenvalue weighted by molar-refractivity contribution is -0.141. The second-order valence-corrected chi connectivity index (χ2v) is 8.91. The van der Waals surface area contributed by atoms with Crippen molar-refractivity contribution in [3.05, 3.63) is 65.7 Å². The van der Waals surface area contributed by atoms with Gasteiger partial charge in [-0.25, -0.2) is 0 Å². The van der Waals surface area contributed by atoms with Gasteiger partial charge >= 0.3 is 0 Å². The van der Waals surface area contributed by atoms with Gasteiger partial charge in [-0.05, 0) is 42.2 Å². The Balaban J connectivity index is 1.24. The van der Waals surface area contributed by atoms with Gasteiger partial charge in [-0.2, -0.15) is 5.26 Å². The molecule has 160 valence electrons. The number of oxime groups is 1. The van der Waals surface area contributed by atoms with Gasteiger partial charge in [0.15, 0.2) is 6.61 Å². The molecule has 2 aromatic rings. The highest BCUT2D eigenvalue weighted by Crippen LogP contribution is 2.61. The first kappa shape index (κ1) is 19.1. The zero-order valence-electron chi connectivity index (χ0n) is 17.3. The quantitative estimate of drug-likeness (QED) is 0.685. The normalized spacial score (nSPS) is 31.7. The maximum atomic E-state index is 13.3. The molecule has 6 unspecified atom stereocenters. The van der Waals surface area contributed by atoms with Gasteiger partial charge in [-0.1, -0.05) is 35.5 Å². The minimum atomic E-state index is -0.297. The summed E-state index contributed by atoms with van der Waals surface area (Å²) in [4.78, 5) is 33.9. The largest absolute Gasteiger partial charge is 0.479 e. The number of hydrogen-bond donors (Lipinski definition) is 0. The lowest BCUT2D eigenvalue weighted by Crippen LogP contribution is -2.41. The van der Waals surface area contributed by atoms with Crippen molar-refractivity contribution in [3.8, 4) is 11.8 Å². The van der Waals surface area contributed by atoms with E-state index >= 15 is 0 Å². The van der Waals surface area contributed by atoms with Gasteiger partial charge in [0.05, 0.1) is 24.1 Å². The van der Waals surface area contributed by atoms with Crippen molar-refractivity contribution in [2.75, 3.05) is 6.61 Å². The number of nitriles is 1. The van der Waals surface area contributed by atoms with Crippen molar-refractivity contribution in [1.82, 2.24) is 4.90 Å². The Labute approximate surface area is 185 Å². The van der Waals surface area contributed by atoms with E-state index in [4.69, 9.17) is 14.8 Å². The van der Waals surface area contributed by atoms with Gasteiger partial charge < -0.3 is 9.57 Å². The molecule has 32 heavy (non-hydrogen) atoms. The molecule has 2 saturated carbocycles. The highest BCUT2D eigenvalue weighted by atomic mass is 16.6. The predicted octanol–water partition coefficient (Wildman–Crippen LogP) is 2.76. The van der Waals surface area contributed by atoms with E-state index in [9.17, 15) is 9.59 Å². The Kier molecular flexibility index (Phi) is 4.29. The van der Waals surface area contributed by atoms with Gasteiger partial charge in [0.1, 0.15) is 17.9 Å². The summed E-state index contributed by atoms with van der Waals surface area (Å²) < 4.78 is 5.33. The van der Waals surface area contributed by atoms with E-state index in [1.54, 1.807) is 0 Å². The van der Waals surface area contributed by atoms with Crippen molar-refractivity contribution in [3.63, 3.8) is 0 Å². The Hall–Kier alpha value is -3.66. The monoisotopic (exact) mass is 427 g/mol. The van der Waals surface area contributed by atoms with Crippen molar-refractivity contribution in [2.24, 2.45) is 34.7 Å². The highest BCUT2D eigenvalue weighted by Gasteiger charge is 2.70. The number of ether oxygens (including phenoxy) is 1. The molecule has 0 spiro atoms. The number of carbonyl (C=O) groups is 2. The maximum Gasteiger partial charge on any atom is 0.233 e. The number of imide groups is 1. The molecule has 2 heterocycles. The number of nitrogens with zero attached hydrogens (tertiary/aromatic N) is 3. The molecule has 2 amide bonds. The number of amides is 2. The van der Waals surface area contributed by atoms with E-state index in [0.717, 1.165) is 23.3 Å². The molecule has 7 heteroatoms. The molecule has 0 radical (unpaired) electrons. The smallest absolute Gasteiger partial charge is 0.233 e. The maximum absolute atomic E-state index is 13.3. The van der Waals surface area contributed by atoms with E-state index in [0.29, 0.717) is 12.3 Å². The molecule has 2 aliphatic heterocycles. The van der Waals surface area contributed by atoms with Crippen LogP contribution in [0.25, 0.3) is 0 Å². The molecule has 3 fully saturated rings. The number of likely N-dealkylation sites (tertiary alicyclic amines) is 1. The van der Waals surface area contributed by atoms with Gasteiger partial charge in [-0.15, -0.1) is 0 Å². The molecule has 2 aliphatic carbocycles. The fraction of sp³-hybridized carbons (Fsp3) is 0.360. The number of benzene rings is 2. The Bertz CT molecular complexity index is 1150. The van der Waals surface area contributed by atoms with Crippen LogP contribution >= 0.6 is 0 Å². The number of carbonyl (C=O) groups excluding carboxylic acids is 2. The van der Waals surface area contributed by atoms with Gasteiger partial charge in [-0.3, -0.25) is 14.5 Å². The second-order valence-electron chi connectivity index (χ2n) is 8.91. The minimum absolute atomic E-state index is 0.00343. The van der Waals surface area contributed by atoms with Crippen LogP contribution in [0.5, 0.6) is 5.75 Å². The summed E-state index contributed by atoms with van der Waals surface area (Å²) in [6.07, 6.45) is 0.670. The first-order chi connectivity index (χ1) is 15.7. The van der Waals surface area contributed by atoms with Crippen molar-refractivity contribution < 1.29 is 19.2 Å². The third kappa shape index (κ3) is 2.69. The molecule has 1 saturated heterocycles. The van der Waals surface area contributed by atoms with Crippen molar-refractivity contribution in [2.45, 2.75) is 19.1 Å². The van der Waals surface area contributed by atoms with Crippen molar-refractivity contribution in [1.29, 1.82) is 5.26 Å². The topological polar surface area (TPSA) is 92.0 Å². The molecule has 0 N–H and O–H groups in total. The molecular weight excluding hydrogens is 406 g/mol. The van der Waals surface area contributed by atoms with Crippen LogP contribution in [0, 0.1) is 40.9 Å². The Morgan fingerprint density at radius 3 is 2.44 bits per heavy atom. The first-order valence-corrected chi connectivity index (χ1v) is 10.9. The fourth-order valence-corrected chi connectivity index (χ4v) is 6.19. The summed E-state index contributed by atoms with van der Waals surface area (Å²) in [5.74, 6) is 0.00580. The van der Waals surface area contributed by atoms with Crippen molar-refractivity contribution >= 4 is 17.5 Å². The third-order valence-corrected chi connectivity index (χ3v) is 7.42. The van der Waals surface area contributed by atoms with Crippen LogP contribution < -0.4 is 4.74 Å². The zero-order valence-corrected chi connectivity index (χ0v) is 17.3. The number of rotatable bonds is 5. The summed E-state index contributed by atoms with van der Waals surface area (Å²) in [7, 11) is 0. The molecule has 6 rings (SSSR count). The predicted molar refractivity (Wildman–Crippen MR) is 113 cm³/mol. The van der Waals surface area contributed by atoms with E-state index in [1.165, 1.54) is 4.90 Å².